The second-order valence-electron chi connectivity index (χ2n) is 7.67. The van der Waals surface area contributed by atoms with Gasteiger partial charge in [0.25, 0.3) is 0 Å². The zero-order valence-corrected chi connectivity index (χ0v) is 19.3. The van der Waals surface area contributed by atoms with Gasteiger partial charge in [0.1, 0.15) is 6.61 Å². The highest BCUT2D eigenvalue weighted by molar-refractivity contribution is 6.32. The predicted molar refractivity (Wildman–Crippen MR) is 134 cm³/mol. The number of fused-ring (bicyclic) bond motifs is 1. The number of halogens is 1. The summed E-state index contributed by atoms with van der Waals surface area (Å²) in [4.78, 5) is 4.66. The summed E-state index contributed by atoms with van der Waals surface area (Å²) in [7, 11) is 0. The fourth-order valence-corrected chi connectivity index (χ4v) is 3.93. The van der Waals surface area contributed by atoms with Crippen molar-refractivity contribution in [1.82, 2.24) is 0 Å². The molecule has 4 heteroatoms. The summed E-state index contributed by atoms with van der Waals surface area (Å²) >= 11 is 6.63. The van der Waals surface area contributed by atoms with Crippen molar-refractivity contribution in [3.63, 3.8) is 0 Å². The van der Waals surface area contributed by atoms with E-state index >= 15 is 0 Å². The molecule has 4 aromatic rings. The van der Waals surface area contributed by atoms with Gasteiger partial charge >= 0.3 is 0 Å². The van der Waals surface area contributed by atoms with Gasteiger partial charge in [-0.1, -0.05) is 66.2 Å². The number of hydrogen-bond donors (Lipinski definition) is 0. The van der Waals surface area contributed by atoms with Crippen LogP contribution >= 0.6 is 11.6 Å². The third-order valence-corrected chi connectivity index (χ3v) is 5.79. The minimum atomic E-state index is 0.400. The summed E-state index contributed by atoms with van der Waals surface area (Å²) in [6.45, 7) is 7.01. The molecule has 0 aromatic heterocycles. The third kappa shape index (κ3) is 4.79. The topological polar surface area (TPSA) is 30.8 Å². The summed E-state index contributed by atoms with van der Waals surface area (Å²) in [6.07, 6.45) is 1.81. The maximum absolute atomic E-state index is 6.63. The number of hydrogen-bond acceptors (Lipinski definition) is 3. The largest absolute Gasteiger partial charge is 0.490 e. The molecular formula is C28H26ClNO2. The first kappa shape index (κ1) is 21.9. The molecule has 0 bridgehead atoms. The normalized spacial score (nSPS) is 11.2. The zero-order chi connectivity index (χ0) is 22.5. The molecule has 0 spiro atoms. The van der Waals surface area contributed by atoms with Crippen molar-refractivity contribution in [2.24, 2.45) is 4.99 Å². The van der Waals surface area contributed by atoms with Crippen molar-refractivity contribution in [2.75, 3.05) is 6.61 Å². The lowest BCUT2D eigenvalue weighted by atomic mass is 10.1. The Hall–Kier alpha value is -3.30. The zero-order valence-electron chi connectivity index (χ0n) is 18.6. The Balaban J connectivity index is 1.61. The molecule has 0 N–H and O–H groups in total. The SMILES string of the molecule is CCOc1cc(C=Nc2cccc(C)c2C)cc(Cl)c1OCc1cccc2ccccc12. The molecule has 4 rings (SSSR count). The Morgan fingerprint density at radius 2 is 1.69 bits per heavy atom. The van der Waals surface area contributed by atoms with E-state index in [4.69, 9.17) is 21.1 Å². The monoisotopic (exact) mass is 443 g/mol. The minimum absolute atomic E-state index is 0.400. The fraction of sp³-hybridized carbons (Fsp3) is 0.179. The van der Waals surface area contributed by atoms with Crippen molar-refractivity contribution in [1.29, 1.82) is 0 Å². The summed E-state index contributed by atoms with van der Waals surface area (Å²) in [6, 6.07) is 24.4. The Morgan fingerprint density at radius 3 is 2.53 bits per heavy atom. The van der Waals surface area contributed by atoms with Gasteiger partial charge in [-0.2, -0.15) is 0 Å². The van der Waals surface area contributed by atoms with E-state index < -0.39 is 0 Å². The van der Waals surface area contributed by atoms with Gasteiger partial charge < -0.3 is 9.47 Å². The van der Waals surface area contributed by atoms with E-state index in [1.54, 1.807) is 0 Å². The first-order valence-electron chi connectivity index (χ1n) is 10.7. The number of aryl methyl sites for hydroxylation is 1. The van der Waals surface area contributed by atoms with Gasteiger partial charge in [-0.15, -0.1) is 0 Å². The van der Waals surface area contributed by atoms with Crippen LogP contribution in [0.15, 0.2) is 77.8 Å². The maximum Gasteiger partial charge on any atom is 0.180 e. The molecule has 32 heavy (non-hydrogen) atoms. The van der Waals surface area contributed by atoms with Crippen LogP contribution in [0.4, 0.5) is 5.69 Å². The molecule has 4 aromatic carbocycles. The lowest BCUT2D eigenvalue weighted by Gasteiger charge is -2.15. The second kappa shape index (κ2) is 9.88. The van der Waals surface area contributed by atoms with Crippen LogP contribution in [0.3, 0.4) is 0 Å². The summed E-state index contributed by atoms with van der Waals surface area (Å²) in [5.74, 6) is 1.16. The van der Waals surface area contributed by atoms with Crippen LogP contribution < -0.4 is 9.47 Å². The fourth-order valence-electron chi connectivity index (χ4n) is 3.65. The number of rotatable bonds is 7. The highest BCUT2D eigenvalue weighted by Gasteiger charge is 2.13. The smallest absolute Gasteiger partial charge is 0.180 e. The first-order valence-corrected chi connectivity index (χ1v) is 11.1. The van der Waals surface area contributed by atoms with Gasteiger partial charge in [0.2, 0.25) is 0 Å². The molecule has 0 atom stereocenters. The summed E-state index contributed by atoms with van der Waals surface area (Å²) < 4.78 is 12.0. The molecule has 0 heterocycles. The molecule has 3 nitrogen and oxygen atoms in total. The van der Waals surface area contributed by atoms with Crippen LogP contribution in [0.25, 0.3) is 10.8 Å². The van der Waals surface area contributed by atoms with Gasteiger partial charge in [-0.25, -0.2) is 0 Å². The van der Waals surface area contributed by atoms with E-state index in [0.29, 0.717) is 29.7 Å². The molecule has 0 saturated carbocycles. The van der Waals surface area contributed by atoms with Gasteiger partial charge in [0.15, 0.2) is 11.5 Å². The average molecular weight is 444 g/mol. The van der Waals surface area contributed by atoms with Gasteiger partial charge in [-0.3, -0.25) is 4.99 Å². The number of aliphatic imine (C=N–C) groups is 1. The van der Waals surface area contributed by atoms with Crippen LogP contribution in [-0.4, -0.2) is 12.8 Å². The van der Waals surface area contributed by atoms with Crippen molar-refractivity contribution < 1.29 is 9.47 Å². The maximum atomic E-state index is 6.63. The lowest BCUT2D eigenvalue weighted by molar-refractivity contribution is 0.270. The lowest BCUT2D eigenvalue weighted by Crippen LogP contribution is -2.02. The Labute approximate surface area is 194 Å². The number of ether oxygens (including phenoxy) is 2. The number of benzene rings is 4. The van der Waals surface area contributed by atoms with Crippen LogP contribution in [0.1, 0.15) is 29.2 Å². The van der Waals surface area contributed by atoms with Crippen LogP contribution in [-0.2, 0) is 6.61 Å². The van der Waals surface area contributed by atoms with Crippen LogP contribution in [0, 0.1) is 13.8 Å². The van der Waals surface area contributed by atoms with Gasteiger partial charge in [0, 0.05) is 6.21 Å². The van der Waals surface area contributed by atoms with E-state index in [1.165, 1.54) is 16.3 Å². The van der Waals surface area contributed by atoms with Crippen molar-refractivity contribution in [3.8, 4) is 11.5 Å². The molecule has 0 aliphatic carbocycles. The van der Waals surface area contributed by atoms with E-state index in [0.717, 1.165) is 22.4 Å². The molecule has 0 aliphatic rings. The Bertz CT molecular complexity index is 1270. The minimum Gasteiger partial charge on any atom is -0.490 e. The molecule has 0 amide bonds. The highest BCUT2D eigenvalue weighted by Crippen LogP contribution is 2.37. The molecule has 0 radical (unpaired) electrons. The van der Waals surface area contributed by atoms with Gasteiger partial charge in [0.05, 0.1) is 17.3 Å². The molecule has 0 unspecified atom stereocenters. The second-order valence-corrected chi connectivity index (χ2v) is 8.07. The average Bonchev–Trinajstić information content (AvgIpc) is 2.80. The molecule has 0 saturated heterocycles. The predicted octanol–water partition coefficient (Wildman–Crippen LogP) is 7.84. The number of nitrogens with zero attached hydrogens (tertiary/aromatic N) is 1. The van der Waals surface area contributed by atoms with E-state index in [-0.39, 0.29) is 0 Å². The quantitative estimate of drug-likeness (QED) is 0.272. The first-order chi connectivity index (χ1) is 15.6. The molecular weight excluding hydrogens is 418 g/mol. The van der Waals surface area contributed by atoms with E-state index in [1.807, 2.05) is 55.6 Å². The molecule has 0 fully saturated rings. The van der Waals surface area contributed by atoms with Crippen molar-refractivity contribution in [2.45, 2.75) is 27.4 Å². The Morgan fingerprint density at radius 1 is 0.906 bits per heavy atom. The summed E-state index contributed by atoms with van der Waals surface area (Å²) in [5, 5.41) is 2.85. The van der Waals surface area contributed by atoms with Crippen molar-refractivity contribution >= 4 is 34.3 Å². The van der Waals surface area contributed by atoms with Crippen LogP contribution in [0.2, 0.25) is 5.02 Å². The van der Waals surface area contributed by atoms with E-state index in [9.17, 15) is 0 Å². The Kier molecular flexibility index (Phi) is 6.77. The van der Waals surface area contributed by atoms with Gasteiger partial charge in [-0.05, 0) is 72.0 Å². The van der Waals surface area contributed by atoms with Crippen molar-refractivity contribution in [3.05, 3.63) is 100 Å². The van der Waals surface area contributed by atoms with E-state index in [2.05, 4.69) is 49.2 Å². The third-order valence-electron chi connectivity index (χ3n) is 5.51. The standard InChI is InChI=1S/C28H26ClNO2/c1-4-31-27-16-21(17-30-26-14-7-9-19(2)20(26)3)15-25(29)28(27)32-18-23-12-8-11-22-10-5-6-13-24(22)23/h5-17H,4,18H2,1-3H3. The molecule has 0 aliphatic heterocycles. The summed E-state index contributed by atoms with van der Waals surface area (Å²) in [5.41, 5.74) is 5.27. The molecule has 162 valence electrons. The van der Waals surface area contributed by atoms with Crippen LogP contribution in [0.5, 0.6) is 11.5 Å². The highest BCUT2D eigenvalue weighted by atomic mass is 35.5.